The van der Waals surface area contributed by atoms with E-state index >= 15 is 0 Å². The lowest BCUT2D eigenvalue weighted by atomic mass is 9.93. The topological polar surface area (TPSA) is 52.5 Å². The minimum Gasteiger partial charge on any atom is -0.308 e. The molecule has 5 aromatic carbocycles. The first-order valence-corrected chi connectivity index (χ1v) is 11.4. The summed E-state index contributed by atoms with van der Waals surface area (Å²) in [5.74, 6) is 0. The van der Waals surface area contributed by atoms with Gasteiger partial charge in [-0.3, -0.25) is 0 Å². The molecule has 0 spiro atoms. The monoisotopic (exact) mass is 445 g/mol. The van der Waals surface area contributed by atoms with Gasteiger partial charge in [0.05, 0.1) is 34.3 Å². The second-order valence-corrected chi connectivity index (χ2v) is 8.39. The normalized spacial score (nSPS) is 10.8. The number of nitrogens with zero attached hydrogens (tertiary/aromatic N) is 3. The van der Waals surface area contributed by atoms with E-state index in [1.807, 2.05) is 36.4 Å². The van der Waals surface area contributed by atoms with Crippen LogP contribution in [0.2, 0.25) is 0 Å². The lowest BCUT2D eigenvalue weighted by Crippen LogP contribution is -1.98. The van der Waals surface area contributed by atoms with Crippen molar-refractivity contribution in [3.63, 3.8) is 0 Å². The van der Waals surface area contributed by atoms with Crippen LogP contribution in [0.3, 0.4) is 0 Å². The van der Waals surface area contributed by atoms with Crippen LogP contribution in [0, 0.1) is 22.7 Å². The zero-order valence-corrected chi connectivity index (χ0v) is 18.8. The van der Waals surface area contributed by atoms with Crippen LogP contribution in [0.1, 0.15) is 11.1 Å². The van der Waals surface area contributed by atoms with E-state index in [0.717, 1.165) is 44.2 Å². The van der Waals surface area contributed by atoms with Crippen LogP contribution in [0.5, 0.6) is 0 Å². The van der Waals surface area contributed by atoms with Crippen LogP contribution >= 0.6 is 0 Å². The lowest BCUT2D eigenvalue weighted by Gasteiger charge is -2.15. The average molecular weight is 446 g/mol. The number of nitriles is 2. The molecule has 3 nitrogen and oxygen atoms in total. The standard InChI is InChI=1S/C32H19N3/c33-20-23-12-7-13-24(21-34)30(23)29-19-9-18-28-27-17-8-16-26(22-10-3-1-4-11-22)31(27)35(32(28)29)25-14-5-2-6-15-25/h1-19H. The van der Waals surface area contributed by atoms with Crippen molar-refractivity contribution in [1.82, 2.24) is 4.57 Å². The summed E-state index contributed by atoms with van der Waals surface area (Å²) in [5.41, 5.74) is 7.89. The van der Waals surface area contributed by atoms with Gasteiger partial charge in [-0.15, -0.1) is 0 Å². The van der Waals surface area contributed by atoms with Crippen LogP contribution in [-0.4, -0.2) is 4.57 Å². The Morgan fingerprint density at radius 3 is 1.60 bits per heavy atom. The van der Waals surface area contributed by atoms with Gasteiger partial charge in [0.15, 0.2) is 0 Å². The van der Waals surface area contributed by atoms with E-state index in [1.54, 1.807) is 18.2 Å². The molecule has 0 aliphatic rings. The minimum absolute atomic E-state index is 0.490. The van der Waals surface area contributed by atoms with Crippen molar-refractivity contribution in [2.45, 2.75) is 0 Å². The highest BCUT2D eigenvalue weighted by Gasteiger charge is 2.21. The molecule has 0 saturated carbocycles. The summed E-state index contributed by atoms with van der Waals surface area (Å²) in [7, 11) is 0. The predicted molar refractivity (Wildman–Crippen MR) is 141 cm³/mol. The maximum absolute atomic E-state index is 9.92. The van der Waals surface area contributed by atoms with Crippen molar-refractivity contribution in [2.75, 3.05) is 0 Å². The largest absolute Gasteiger partial charge is 0.308 e. The van der Waals surface area contributed by atoms with Crippen LogP contribution < -0.4 is 0 Å². The molecule has 0 saturated heterocycles. The molecule has 35 heavy (non-hydrogen) atoms. The van der Waals surface area contributed by atoms with E-state index in [0.29, 0.717) is 16.7 Å². The highest BCUT2D eigenvalue weighted by Crippen LogP contribution is 2.42. The maximum atomic E-state index is 9.92. The van der Waals surface area contributed by atoms with E-state index < -0.39 is 0 Å². The molecule has 1 aromatic heterocycles. The van der Waals surface area contributed by atoms with Gasteiger partial charge < -0.3 is 4.57 Å². The molecule has 162 valence electrons. The molecule has 3 heteroatoms. The molecule has 0 bridgehead atoms. The summed E-state index contributed by atoms with van der Waals surface area (Å²) >= 11 is 0. The number of hydrogen-bond acceptors (Lipinski definition) is 2. The maximum Gasteiger partial charge on any atom is 0.0998 e. The van der Waals surface area contributed by atoms with Crippen LogP contribution in [0.4, 0.5) is 0 Å². The van der Waals surface area contributed by atoms with Crippen LogP contribution in [0.25, 0.3) is 49.7 Å². The highest BCUT2D eigenvalue weighted by atomic mass is 15.0. The smallest absolute Gasteiger partial charge is 0.0998 e. The summed E-state index contributed by atoms with van der Waals surface area (Å²) in [4.78, 5) is 0. The van der Waals surface area contributed by atoms with Crippen molar-refractivity contribution < 1.29 is 0 Å². The van der Waals surface area contributed by atoms with Crippen molar-refractivity contribution in [2.24, 2.45) is 0 Å². The van der Waals surface area contributed by atoms with E-state index in [-0.39, 0.29) is 0 Å². The molecule has 0 radical (unpaired) electrons. The number of para-hydroxylation sites is 3. The Morgan fingerprint density at radius 1 is 0.486 bits per heavy atom. The molecule has 0 N–H and O–H groups in total. The summed E-state index contributed by atoms with van der Waals surface area (Å²) in [5, 5.41) is 22.1. The van der Waals surface area contributed by atoms with Gasteiger partial charge >= 0.3 is 0 Å². The van der Waals surface area contributed by atoms with Gasteiger partial charge in [0.2, 0.25) is 0 Å². The third-order valence-electron chi connectivity index (χ3n) is 6.48. The van der Waals surface area contributed by atoms with E-state index in [9.17, 15) is 10.5 Å². The first-order valence-electron chi connectivity index (χ1n) is 11.4. The summed E-state index contributed by atoms with van der Waals surface area (Å²) in [6, 6.07) is 43.1. The molecule has 0 amide bonds. The average Bonchev–Trinajstić information content (AvgIpc) is 3.28. The van der Waals surface area contributed by atoms with Gasteiger partial charge in [-0.1, -0.05) is 91.0 Å². The number of fused-ring (bicyclic) bond motifs is 3. The molecule has 0 aliphatic carbocycles. The zero-order valence-electron chi connectivity index (χ0n) is 18.8. The summed E-state index contributed by atoms with van der Waals surface area (Å²) < 4.78 is 2.28. The summed E-state index contributed by atoms with van der Waals surface area (Å²) in [6.45, 7) is 0. The fourth-order valence-electron chi connectivity index (χ4n) is 5.03. The molecule has 0 fully saturated rings. The Balaban J connectivity index is 1.86. The molecule has 0 unspecified atom stereocenters. The van der Waals surface area contributed by atoms with Crippen molar-refractivity contribution in [1.29, 1.82) is 10.5 Å². The molecule has 1 heterocycles. The number of hydrogen-bond donors (Lipinski definition) is 0. The first-order chi connectivity index (χ1) is 17.3. The van der Waals surface area contributed by atoms with Crippen LogP contribution in [-0.2, 0) is 0 Å². The molecule has 0 atom stereocenters. The Labute approximate surface area is 203 Å². The lowest BCUT2D eigenvalue weighted by molar-refractivity contribution is 1.18. The summed E-state index contributed by atoms with van der Waals surface area (Å²) in [6.07, 6.45) is 0. The first kappa shape index (κ1) is 20.5. The van der Waals surface area contributed by atoms with Gasteiger partial charge in [0, 0.05) is 33.2 Å². The minimum atomic E-state index is 0.490. The van der Waals surface area contributed by atoms with Gasteiger partial charge in [-0.2, -0.15) is 10.5 Å². The van der Waals surface area contributed by atoms with Gasteiger partial charge in [0.1, 0.15) is 0 Å². The molecule has 6 rings (SSSR count). The fourth-order valence-corrected chi connectivity index (χ4v) is 5.03. The number of benzene rings is 5. The van der Waals surface area contributed by atoms with Gasteiger partial charge in [0.25, 0.3) is 0 Å². The Hall–Kier alpha value is -5.12. The number of rotatable bonds is 3. The second kappa shape index (κ2) is 8.34. The Morgan fingerprint density at radius 2 is 1.00 bits per heavy atom. The highest BCUT2D eigenvalue weighted by molar-refractivity contribution is 6.17. The van der Waals surface area contributed by atoms with Crippen molar-refractivity contribution in [3.05, 3.63) is 126 Å². The van der Waals surface area contributed by atoms with Gasteiger partial charge in [-0.25, -0.2) is 0 Å². The van der Waals surface area contributed by atoms with Gasteiger partial charge in [-0.05, 0) is 29.8 Å². The fraction of sp³-hybridized carbons (Fsp3) is 0. The quantitative estimate of drug-likeness (QED) is 0.278. The van der Waals surface area contributed by atoms with Crippen LogP contribution in [0.15, 0.2) is 115 Å². The van der Waals surface area contributed by atoms with Crippen molar-refractivity contribution in [3.8, 4) is 40.1 Å². The SMILES string of the molecule is N#Cc1cccc(C#N)c1-c1cccc2c3cccc(-c4ccccc4)c3n(-c3ccccc3)c12. The van der Waals surface area contributed by atoms with E-state index in [4.69, 9.17) is 0 Å². The molecule has 6 aromatic rings. The number of aromatic nitrogens is 1. The van der Waals surface area contributed by atoms with Crippen molar-refractivity contribution >= 4 is 21.8 Å². The second-order valence-electron chi connectivity index (χ2n) is 8.39. The third kappa shape index (κ3) is 3.19. The molecule has 0 aliphatic heterocycles. The molecular weight excluding hydrogens is 426 g/mol. The Bertz CT molecular complexity index is 1770. The predicted octanol–water partition coefficient (Wildman–Crippen LogP) is 7.86. The zero-order chi connectivity index (χ0) is 23.8. The third-order valence-corrected chi connectivity index (χ3v) is 6.48. The molecular formula is C32H19N3. The Kier molecular flexibility index (Phi) is 4.88. The van der Waals surface area contributed by atoms with E-state index in [2.05, 4.69) is 77.4 Å². The van der Waals surface area contributed by atoms with E-state index in [1.165, 1.54) is 0 Å².